The van der Waals surface area contributed by atoms with E-state index in [0.717, 1.165) is 41.2 Å². The summed E-state index contributed by atoms with van der Waals surface area (Å²) < 4.78 is 0. The minimum atomic E-state index is -0.131. The maximum absolute atomic E-state index is 12.1. The second-order valence-corrected chi connectivity index (χ2v) is 8.20. The lowest BCUT2D eigenvalue weighted by Crippen LogP contribution is -2.47. The lowest BCUT2D eigenvalue weighted by molar-refractivity contribution is -0.113. The van der Waals surface area contributed by atoms with Crippen molar-refractivity contribution in [2.45, 2.75) is 0 Å². The van der Waals surface area contributed by atoms with Crippen molar-refractivity contribution in [2.75, 3.05) is 31.1 Å². The molecule has 1 fully saturated rings. The van der Waals surface area contributed by atoms with Crippen LogP contribution in [0.2, 0.25) is 5.02 Å². The highest BCUT2D eigenvalue weighted by molar-refractivity contribution is 8.18. The molecule has 0 N–H and O–H groups in total. The minimum absolute atomic E-state index is 0.131. The molecule has 0 bridgehead atoms. The zero-order valence-electron chi connectivity index (χ0n) is 13.4. The Hall–Kier alpha value is -1.76. The molecular formula is C18H16ClN3OS2. The van der Waals surface area contributed by atoms with Gasteiger partial charge in [-0.2, -0.15) is 4.99 Å². The van der Waals surface area contributed by atoms with Crippen molar-refractivity contribution < 1.29 is 4.79 Å². The molecule has 0 atom stereocenters. The van der Waals surface area contributed by atoms with E-state index >= 15 is 0 Å². The van der Waals surface area contributed by atoms with Crippen LogP contribution < -0.4 is 4.90 Å². The van der Waals surface area contributed by atoms with Gasteiger partial charge in [0.1, 0.15) is 0 Å². The van der Waals surface area contributed by atoms with Crippen LogP contribution in [0.5, 0.6) is 0 Å². The standard InChI is InChI=1S/C18H16ClN3OS2/c19-13-3-5-14(6-4-13)21-7-9-22(10-8-21)18-20-17(23)16(25-18)12-15-2-1-11-24-15/h1-6,11-12H,7-10H2/b16-12-. The number of rotatable bonds is 2. The molecule has 4 rings (SSSR count). The van der Waals surface area contributed by atoms with Crippen molar-refractivity contribution in [2.24, 2.45) is 4.99 Å². The number of carbonyl (C=O) groups excluding carboxylic acids is 1. The maximum Gasteiger partial charge on any atom is 0.286 e. The van der Waals surface area contributed by atoms with Gasteiger partial charge in [0.05, 0.1) is 4.91 Å². The predicted molar refractivity (Wildman–Crippen MR) is 108 cm³/mol. The monoisotopic (exact) mass is 389 g/mol. The SMILES string of the molecule is O=C1N=C(N2CCN(c3ccc(Cl)cc3)CC2)S/C1=C\c1cccs1. The Morgan fingerprint density at radius 3 is 2.44 bits per heavy atom. The first-order chi connectivity index (χ1) is 12.2. The van der Waals surface area contributed by atoms with Crippen molar-refractivity contribution >= 4 is 57.5 Å². The first-order valence-electron chi connectivity index (χ1n) is 8.00. The summed E-state index contributed by atoms with van der Waals surface area (Å²) in [6.07, 6.45) is 1.93. The summed E-state index contributed by atoms with van der Waals surface area (Å²) in [5, 5.41) is 3.58. The number of carbonyl (C=O) groups is 1. The zero-order valence-corrected chi connectivity index (χ0v) is 15.8. The number of amides is 1. The van der Waals surface area contributed by atoms with Crippen LogP contribution in [0, 0.1) is 0 Å². The van der Waals surface area contributed by atoms with Crippen molar-refractivity contribution in [3.05, 3.63) is 56.6 Å². The number of piperazine rings is 1. The summed E-state index contributed by atoms with van der Waals surface area (Å²) in [5.41, 5.74) is 1.18. The van der Waals surface area contributed by atoms with Gasteiger partial charge in [-0.15, -0.1) is 11.3 Å². The van der Waals surface area contributed by atoms with E-state index in [2.05, 4.69) is 14.8 Å². The number of thiophene rings is 1. The van der Waals surface area contributed by atoms with E-state index < -0.39 is 0 Å². The molecule has 0 unspecified atom stereocenters. The Morgan fingerprint density at radius 2 is 1.76 bits per heavy atom. The summed E-state index contributed by atoms with van der Waals surface area (Å²) in [5.74, 6) is -0.131. The number of hydrogen-bond donors (Lipinski definition) is 0. The average molecular weight is 390 g/mol. The lowest BCUT2D eigenvalue weighted by atomic mass is 10.2. The molecule has 1 aromatic heterocycles. The molecule has 0 saturated carbocycles. The van der Waals surface area contributed by atoms with Crippen LogP contribution in [0.3, 0.4) is 0 Å². The molecule has 2 aliphatic heterocycles. The smallest absolute Gasteiger partial charge is 0.286 e. The minimum Gasteiger partial charge on any atom is -0.368 e. The van der Waals surface area contributed by atoms with Crippen LogP contribution in [0.1, 0.15) is 4.88 Å². The quantitative estimate of drug-likeness (QED) is 0.721. The highest BCUT2D eigenvalue weighted by atomic mass is 35.5. The van der Waals surface area contributed by atoms with Crippen LogP contribution in [-0.4, -0.2) is 42.2 Å². The lowest BCUT2D eigenvalue weighted by Gasteiger charge is -2.36. The van der Waals surface area contributed by atoms with Crippen molar-refractivity contribution in [3.8, 4) is 0 Å². The van der Waals surface area contributed by atoms with Crippen LogP contribution in [0.4, 0.5) is 5.69 Å². The molecule has 7 heteroatoms. The van der Waals surface area contributed by atoms with Crippen LogP contribution in [0.25, 0.3) is 6.08 Å². The van der Waals surface area contributed by atoms with Gasteiger partial charge in [0.25, 0.3) is 5.91 Å². The van der Waals surface area contributed by atoms with E-state index in [1.54, 1.807) is 11.3 Å². The first-order valence-corrected chi connectivity index (χ1v) is 10.1. The van der Waals surface area contributed by atoms with E-state index in [9.17, 15) is 4.79 Å². The van der Waals surface area contributed by atoms with Crippen molar-refractivity contribution in [1.82, 2.24) is 4.90 Å². The number of aliphatic imine (C=N–C) groups is 1. The first kappa shape index (κ1) is 16.7. The van der Waals surface area contributed by atoms with Gasteiger partial charge in [0.15, 0.2) is 5.17 Å². The summed E-state index contributed by atoms with van der Waals surface area (Å²) in [7, 11) is 0. The molecule has 3 heterocycles. The molecule has 2 aromatic rings. The molecule has 4 nitrogen and oxygen atoms in total. The second kappa shape index (κ2) is 7.23. The van der Waals surface area contributed by atoms with Gasteiger partial charge in [0, 0.05) is 41.8 Å². The summed E-state index contributed by atoms with van der Waals surface area (Å²) in [6, 6.07) is 11.9. The van der Waals surface area contributed by atoms with E-state index in [1.165, 1.54) is 17.4 Å². The molecule has 1 aromatic carbocycles. The Kier molecular flexibility index (Phi) is 4.83. The summed E-state index contributed by atoms with van der Waals surface area (Å²) in [4.78, 5) is 22.7. The number of hydrogen-bond acceptors (Lipinski definition) is 5. The number of thioether (sulfide) groups is 1. The van der Waals surface area contributed by atoms with Gasteiger partial charge < -0.3 is 9.80 Å². The highest BCUT2D eigenvalue weighted by Gasteiger charge is 2.28. The van der Waals surface area contributed by atoms with E-state index in [4.69, 9.17) is 11.6 Å². The summed E-state index contributed by atoms with van der Waals surface area (Å²) in [6.45, 7) is 3.51. The number of anilines is 1. The maximum atomic E-state index is 12.1. The number of amidine groups is 1. The molecule has 0 spiro atoms. The van der Waals surface area contributed by atoms with Crippen LogP contribution in [-0.2, 0) is 4.79 Å². The molecule has 0 aliphatic carbocycles. The van der Waals surface area contributed by atoms with Gasteiger partial charge in [-0.3, -0.25) is 4.79 Å². The van der Waals surface area contributed by atoms with Crippen LogP contribution in [0.15, 0.2) is 51.7 Å². The van der Waals surface area contributed by atoms with Crippen molar-refractivity contribution in [3.63, 3.8) is 0 Å². The number of nitrogens with zero attached hydrogens (tertiary/aromatic N) is 3. The van der Waals surface area contributed by atoms with E-state index in [1.807, 2.05) is 47.9 Å². The predicted octanol–water partition coefficient (Wildman–Crippen LogP) is 4.19. The fourth-order valence-electron chi connectivity index (χ4n) is 2.84. The van der Waals surface area contributed by atoms with E-state index in [0.29, 0.717) is 4.91 Å². The zero-order chi connectivity index (χ0) is 17.2. The normalized spacial score (nSPS) is 19.6. The Labute approximate surface area is 159 Å². The van der Waals surface area contributed by atoms with Crippen molar-refractivity contribution in [1.29, 1.82) is 0 Å². The number of halogens is 1. The van der Waals surface area contributed by atoms with Crippen LogP contribution >= 0.6 is 34.7 Å². The fraction of sp³-hybridized carbons (Fsp3) is 0.222. The largest absolute Gasteiger partial charge is 0.368 e. The molecule has 2 aliphatic rings. The topological polar surface area (TPSA) is 35.9 Å². The van der Waals surface area contributed by atoms with Gasteiger partial charge in [0.2, 0.25) is 0 Å². The third-order valence-corrected chi connectivity index (χ3v) is 6.28. The van der Waals surface area contributed by atoms with E-state index in [-0.39, 0.29) is 5.91 Å². The van der Waals surface area contributed by atoms with Gasteiger partial charge in [-0.05, 0) is 53.5 Å². The fourth-order valence-corrected chi connectivity index (χ4v) is 4.66. The summed E-state index contributed by atoms with van der Waals surface area (Å²) >= 11 is 9.06. The molecule has 0 radical (unpaired) electrons. The Balaban J connectivity index is 1.39. The molecule has 128 valence electrons. The van der Waals surface area contributed by atoms with Gasteiger partial charge in [-0.1, -0.05) is 17.7 Å². The third kappa shape index (κ3) is 3.76. The molecule has 1 saturated heterocycles. The highest BCUT2D eigenvalue weighted by Crippen LogP contribution is 2.31. The number of benzene rings is 1. The third-order valence-electron chi connectivity index (χ3n) is 4.17. The van der Waals surface area contributed by atoms with Gasteiger partial charge >= 0.3 is 0 Å². The molecular weight excluding hydrogens is 374 g/mol. The Bertz CT molecular complexity index is 823. The average Bonchev–Trinajstić information content (AvgIpc) is 3.27. The Morgan fingerprint density at radius 1 is 1.04 bits per heavy atom. The molecule has 25 heavy (non-hydrogen) atoms. The second-order valence-electron chi connectivity index (χ2n) is 5.78. The van der Waals surface area contributed by atoms with Gasteiger partial charge in [-0.25, -0.2) is 0 Å². The molecule has 1 amide bonds.